The first-order valence-corrected chi connectivity index (χ1v) is 8.03. The molecule has 1 aliphatic carbocycles. The molecule has 20 heavy (non-hydrogen) atoms. The first-order valence-electron chi connectivity index (χ1n) is 8.03. The summed E-state index contributed by atoms with van der Waals surface area (Å²) in [6, 6.07) is 10.9. The first kappa shape index (κ1) is 15.5. The molecule has 1 aliphatic rings. The maximum Gasteiger partial charge on any atom is 0.0176 e. The van der Waals surface area contributed by atoms with Crippen LogP contribution in [0.2, 0.25) is 0 Å². The molecule has 0 aromatic heterocycles. The molecule has 0 spiro atoms. The second-order valence-corrected chi connectivity index (χ2v) is 6.80. The van der Waals surface area contributed by atoms with Crippen molar-refractivity contribution < 1.29 is 0 Å². The Bertz CT molecular complexity index is 384. The zero-order chi connectivity index (χ0) is 14.4. The Balaban J connectivity index is 2.00. The molecule has 1 unspecified atom stereocenters. The van der Waals surface area contributed by atoms with Gasteiger partial charge < -0.3 is 10.2 Å². The van der Waals surface area contributed by atoms with E-state index in [1.54, 1.807) is 0 Å². The van der Waals surface area contributed by atoms with Gasteiger partial charge >= 0.3 is 0 Å². The van der Waals surface area contributed by atoms with Crippen molar-refractivity contribution in [3.63, 3.8) is 0 Å². The lowest BCUT2D eigenvalue weighted by Gasteiger charge is -2.35. The predicted octanol–water partition coefficient (Wildman–Crippen LogP) is 3.29. The Morgan fingerprint density at radius 3 is 2.45 bits per heavy atom. The van der Waals surface area contributed by atoms with Gasteiger partial charge in [0.25, 0.3) is 0 Å². The topological polar surface area (TPSA) is 15.3 Å². The number of nitrogens with zero attached hydrogens (tertiary/aromatic N) is 1. The molecular formula is C18H30N2. The molecule has 112 valence electrons. The molecule has 1 saturated carbocycles. The van der Waals surface area contributed by atoms with Crippen molar-refractivity contribution in [1.82, 2.24) is 10.2 Å². The molecule has 0 saturated heterocycles. The molecule has 0 heterocycles. The Hall–Kier alpha value is -0.860. The van der Waals surface area contributed by atoms with Gasteiger partial charge in [0.2, 0.25) is 0 Å². The molecule has 2 rings (SSSR count). The molecule has 0 amide bonds. The summed E-state index contributed by atoms with van der Waals surface area (Å²) in [7, 11) is 4.34. The van der Waals surface area contributed by atoms with E-state index in [1.165, 1.54) is 37.8 Å². The van der Waals surface area contributed by atoms with Gasteiger partial charge in [0.1, 0.15) is 0 Å². The molecule has 2 nitrogen and oxygen atoms in total. The number of rotatable bonds is 7. The highest BCUT2D eigenvalue weighted by molar-refractivity contribution is 5.25. The van der Waals surface area contributed by atoms with Crippen molar-refractivity contribution in [3.8, 4) is 0 Å². The molecule has 1 fully saturated rings. The maximum atomic E-state index is 3.38. The van der Waals surface area contributed by atoms with E-state index in [1.807, 2.05) is 0 Å². The van der Waals surface area contributed by atoms with Crippen LogP contribution in [-0.2, 0) is 5.41 Å². The largest absolute Gasteiger partial charge is 0.319 e. The number of benzene rings is 1. The molecule has 1 aromatic rings. The Morgan fingerprint density at radius 2 is 1.85 bits per heavy atom. The van der Waals surface area contributed by atoms with Gasteiger partial charge in [-0.25, -0.2) is 0 Å². The molecule has 1 atom stereocenters. The fraction of sp³-hybridized carbons (Fsp3) is 0.667. The van der Waals surface area contributed by atoms with Crippen molar-refractivity contribution in [2.45, 2.75) is 38.0 Å². The van der Waals surface area contributed by atoms with E-state index in [2.05, 4.69) is 61.6 Å². The van der Waals surface area contributed by atoms with Gasteiger partial charge in [0.15, 0.2) is 0 Å². The third kappa shape index (κ3) is 4.07. The second-order valence-electron chi connectivity index (χ2n) is 6.80. The lowest BCUT2D eigenvalue weighted by Crippen LogP contribution is -2.44. The van der Waals surface area contributed by atoms with Gasteiger partial charge in [-0.15, -0.1) is 0 Å². The van der Waals surface area contributed by atoms with Crippen LogP contribution in [0.4, 0.5) is 0 Å². The van der Waals surface area contributed by atoms with E-state index in [4.69, 9.17) is 0 Å². The fourth-order valence-corrected chi connectivity index (χ4v) is 3.77. The summed E-state index contributed by atoms with van der Waals surface area (Å²) in [4.78, 5) is 2.54. The quantitative estimate of drug-likeness (QED) is 0.821. The number of nitrogens with one attached hydrogen (secondary N) is 1. The smallest absolute Gasteiger partial charge is 0.0176 e. The highest BCUT2D eigenvalue weighted by Crippen LogP contribution is 2.28. The first-order chi connectivity index (χ1) is 9.64. The number of hydrogen-bond acceptors (Lipinski definition) is 2. The standard InChI is InChI=1S/C18H30N2/c1-18(14-19-2,17-11-5-4-6-12-17)15-20(3)13-16-9-7-8-10-16/h4-6,11-12,16,19H,7-10,13-15H2,1-3H3. The molecule has 0 bridgehead atoms. The average molecular weight is 274 g/mol. The predicted molar refractivity (Wildman–Crippen MR) is 87.2 cm³/mol. The Morgan fingerprint density at radius 1 is 1.20 bits per heavy atom. The number of likely N-dealkylation sites (N-methyl/N-ethyl adjacent to an activating group) is 2. The minimum absolute atomic E-state index is 0.184. The normalized spacial score (nSPS) is 19.4. The van der Waals surface area contributed by atoms with Gasteiger partial charge in [0, 0.05) is 25.0 Å². The lowest BCUT2D eigenvalue weighted by molar-refractivity contribution is 0.221. The van der Waals surface area contributed by atoms with Crippen LogP contribution >= 0.6 is 0 Å². The summed E-state index contributed by atoms with van der Waals surface area (Å²) in [6.45, 7) is 5.77. The maximum absolute atomic E-state index is 3.38. The zero-order valence-corrected chi connectivity index (χ0v) is 13.4. The summed E-state index contributed by atoms with van der Waals surface area (Å²) < 4.78 is 0. The van der Waals surface area contributed by atoms with Gasteiger partial charge in [-0.2, -0.15) is 0 Å². The van der Waals surface area contributed by atoms with Gasteiger partial charge in [-0.05, 0) is 38.4 Å². The van der Waals surface area contributed by atoms with Crippen LogP contribution in [0, 0.1) is 5.92 Å². The Labute approximate surface area is 124 Å². The summed E-state index contributed by atoms with van der Waals surface area (Å²) in [5.41, 5.74) is 1.62. The molecular weight excluding hydrogens is 244 g/mol. The van der Waals surface area contributed by atoms with Gasteiger partial charge in [0.05, 0.1) is 0 Å². The highest BCUT2D eigenvalue weighted by atomic mass is 15.1. The van der Waals surface area contributed by atoms with Crippen LogP contribution in [0.3, 0.4) is 0 Å². The highest BCUT2D eigenvalue weighted by Gasteiger charge is 2.28. The molecule has 0 aliphatic heterocycles. The summed E-state index contributed by atoms with van der Waals surface area (Å²) in [5, 5.41) is 3.38. The third-order valence-corrected chi connectivity index (χ3v) is 4.70. The lowest BCUT2D eigenvalue weighted by atomic mass is 9.81. The van der Waals surface area contributed by atoms with Crippen LogP contribution in [0.25, 0.3) is 0 Å². The van der Waals surface area contributed by atoms with Gasteiger partial charge in [-0.1, -0.05) is 50.1 Å². The average Bonchev–Trinajstić information content (AvgIpc) is 2.92. The molecule has 1 N–H and O–H groups in total. The van der Waals surface area contributed by atoms with E-state index in [-0.39, 0.29) is 5.41 Å². The van der Waals surface area contributed by atoms with Crippen molar-refractivity contribution in [2.24, 2.45) is 5.92 Å². The SMILES string of the molecule is CNCC(C)(CN(C)CC1CCCC1)c1ccccc1. The van der Waals surface area contributed by atoms with E-state index in [0.29, 0.717) is 0 Å². The third-order valence-electron chi connectivity index (χ3n) is 4.70. The number of hydrogen-bond donors (Lipinski definition) is 1. The van der Waals surface area contributed by atoms with Crippen molar-refractivity contribution >= 4 is 0 Å². The molecule has 2 heteroatoms. The molecule has 0 radical (unpaired) electrons. The van der Waals surface area contributed by atoms with Crippen LogP contribution in [0.1, 0.15) is 38.2 Å². The summed E-state index contributed by atoms with van der Waals surface area (Å²) in [6.07, 6.45) is 5.73. The fourth-order valence-electron chi connectivity index (χ4n) is 3.77. The molecule has 1 aromatic carbocycles. The van der Waals surface area contributed by atoms with E-state index >= 15 is 0 Å². The van der Waals surface area contributed by atoms with Crippen molar-refractivity contribution in [2.75, 3.05) is 33.7 Å². The second kappa shape index (κ2) is 7.24. The van der Waals surface area contributed by atoms with E-state index < -0.39 is 0 Å². The van der Waals surface area contributed by atoms with E-state index in [9.17, 15) is 0 Å². The van der Waals surface area contributed by atoms with Gasteiger partial charge in [-0.3, -0.25) is 0 Å². The van der Waals surface area contributed by atoms with Crippen LogP contribution in [-0.4, -0.2) is 38.6 Å². The monoisotopic (exact) mass is 274 g/mol. The van der Waals surface area contributed by atoms with Crippen molar-refractivity contribution in [1.29, 1.82) is 0 Å². The Kier molecular flexibility index (Phi) is 5.62. The minimum atomic E-state index is 0.184. The van der Waals surface area contributed by atoms with Crippen LogP contribution < -0.4 is 5.32 Å². The van der Waals surface area contributed by atoms with Crippen LogP contribution in [0.15, 0.2) is 30.3 Å². The zero-order valence-electron chi connectivity index (χ0n) is 13.4. The summed E-state index contributed by atoms with van der Waals surface area (Å²) in [5.74, 6) is 0.926. The van der Waals surface area contributed by atoms with Crippen LogP contribution in [0.5, 0.6) is 0 Å². The summed E-state index contributed by atoms with van der Waals surface area (Å²) >= 11 is 0. The minimum Gasteiger partial charge on any atom is -0.319 e. The van der Waals surface area contributed by atoms with Crippen molar-refractivity contribution in [3.05, 3.63) is 35.9 Å². The van der Waals surface area contributed by atoms with E-state index in [0.717, 1.165) is 19.0 Å².